The predicted octanol–water partition coefficient (Wildman–Crippen LogP) is 4.30. The van der Waals surface area contributed by atoms with Crippen LogP contribution in [0.2, 0.25) is 0 Å². The van der Waals surface area contributed by atoms with E-state index in [9.17, 15) is 0 Å². The van der Waals surface area contributed by atoms with Gasteiger partial charge in [0.1, 0.15) is 0 Å². The molecule has 0 saturated carbocycles. The zero-order chi connectivity index (χ0) is 16.7. The van der Waals surface area contributed by atoms with E-state index in [1.54, 1.807) is 0 Å². The lowest BCUT2D eigenvalue weighted by atomic mass is 10.0. The number of aromatic amines is 2. The van der Waals surface area contributed by atoms with E-state index in [0.717, 1.165) is 26.1 Å². The highest BCUT2D eigenvalue weighted by molar-refractivity contribution is 7.71. The number of aromatic nitrogens is 3. The van der Waals surface area contributed by atoms with E-state index in [-0.39, 0.29) is 0 Å². The lowest BCUT2D eigenvalue weighted by Gasteiger charge is -2.27. The van der Waals surface area contributed by atoms with Crippen LogP contribution in [0.4, 0.5) is 0 Å². The summed E-state index contributed by atoms with van der Waals surface area (Å²) in [5.74, 6) is 0.552. The third-order valence-electron chi connectivity index (χ3n) is 4.91. The second-order valence-corrected chi connectivity index (χ2v) is 7.31. The maximum atomic E-state index is 5.16. The second-order valence-electron chi connectivity index (χ2n) is 6.93. The summed E-state index contributed by atoms with van der Waals surface area (Å²) < 4.78 is 0.573. The smallest absolute Gasteiger partial charge is 0.196 e. The van der Waals surface area contributed by atoms with Gasteiger partial charge in [-0.05, 0) is 47.3 Å². The van der Waals surface area contributed by atoms with Crippen LogP contribution in [0.3, 0.4) is 0 Å². The maximum Gasteiger partial charge on any atom is 0.196 e. The zero-order valence-corrected chi connectivity index (χ0v) is 14.9. The molecule has 0 aliphatic carbocycles. The fourth-order valence-corrected chi connectivity index (χ4v) is 3.64. The Kier molecular flexibility index (Phi) is 3.98. The molecule has 0 fully saturated rings. The highest BCUT2D eigenvalue weighted by atomic mass is 32.1. The van der Waals surface area contributed by atoms with Crippen molar-refractivity contribution < 1.29 is 0 Å². The summed E-state index contributed by atoms with van der Waals surface area (Å²) in [6.45, 7) is 7.36. The van der Waals surface area contributed by atoms with Gasteiger partial charge < -0.3 is 9.97 Å². The minimum absolute atomic E-state index is 0.552. The van der Waals surface area contributed by atoms with Gasteiger partial charge >= 0.3 is 0 Å². The molecule has 0 saturated heterocycles. The quantitative estimate of drug-likeness (QED) is 0.700. The molecule has 124 valence electrons. The molecule has 4 nitrogen and oxygen atoms in total. The van der Waals surface area contributed by atoms with Crippen LogP contribution >= 0.6 is 12.2 Å². The van der Waals surface area contributed by atoms with Gasteiger partial charge in [-0.25, -0.2) is 4.98 Å². The first-order valence-corrected chi connectivity index (χ1v) is 8.90. The fraction of sp³-hybridized carbons (Fsp3) is 0.368. The summed E-state index contributed by atoms with van der Waals surface area (Å²) in [6.07, 6.45) is 5.10. The zero-order valence-electron chi connectivity index (χ0n) is 14.1. The molecule has 0 amide bonds. The van der Waals surface area contributed by atoms with Crippen LogP contribution in [0.25, 0.3) is 10.9 Å². The first-order chi connectivity index (χ1) is 11.6. The molecule has 0 spiro atoms. The van der Waals surface area contributed by atoms with Crippen molar-refractivity contribution in [2.24, 2.45) is 0 Å². The molecule has 3 aromatic rings. The largest absolute Gasteiger partial charge is 0.361 e. The van der Waals surface area contributed by atoms with Crippen molar-refractivity contribution in [3.8, 4) is 0 Å². The summed E-state index contributed by atoms with van der Waals surface area (Å²) >= 11 is 5.16. The average molecular weight is 338 g/mol. The van der Waals surface area contributed by atoms with Gasteiger partial charge in [0.15, 0.2) is 4.77 Å². The first kappa shape index (κ1) is 15.5. The molecule has 0 unspecified atom stereocenters. The molecular weight excluding hydrogens is 316 g/mol. The van der Waals surface area contributed by atoms with E-state index in [1.165, 1.54) is 33.3 Å². The molecule has 0 radical (unpaired) electrons. The number of nitrogens with zero attached hydrogens (tertiary/aromatic N) is 2. The van der Waals surface area contributed by atoms with Crippen molar-refractivity contribution in [1.29, 1.82) is 0 Å². The Hall–Kier alpha value is -1.98. The Morgan fingerprint density at radius 1 is 1.33 bits per heavy atom. The summed E-state index contributed by atoms with van der Waals surface area (Å²) in [4.78, 5) is 13.3. The number of nitrogens with one attached hydrogen (secondary N) is 2. The average Bonchev–Trinajstić information content (AvgIpc) is 2.96. The van der Waals surface area contributed by atoms with E-state index >= 15 is 0 Å². The maximum absolute atomic E-state index is 5.16. The molecule has 1 aliphatic heterocycles. The molecule has 5 heteroatoms. The topological polar surface area (TPSA) is 47.7 Å². The van der Waals surface area contributed by atoms with E-state index in [0.29, 0.717) is 10.7 Å². The Morgan fingerprint density at radius 3 is 3.04 bits per heavy atom. The Balaban J connectivity index is 1.58. The van der Waals surface area contributed by atoms with Crippen molar-refractivity contribution in [2.45, 2.75) is 39.3 Å². The van der Waals surface area contributed by atoms with E-state index in [4.69, 9.17) is 12.2 Å². The van der Waals surface area contributed by atoms with Crippen LogP contribution in [0.1, 0.15) is 42.1 Å². The minimum atomic E-state index is 0.552. The van der Waals surface area contributed by atoms with Gasteiger partial charge in [0, 0.05) is 48.6 Å². The fourth-order valence-electron chi connectivity index (χ4n) is 3.46. The molecule has 3 heterocycles. The summed E-state index contributed by atoms with van der Waals surface area (Å²) in [5.41, 5.74) is 6.47. The van der Waals surface area contributed by atoms with Crippen molar-refractivity contribution in [1.82, 2.24) is 19.9 Å². The Morgan fingerprint density at radius 2 is 2.21 bits per heavy atom. The van der Waals surface area contributed by atoms with Crippen LogP contribution in [-0.4, -0.2) is 26.4 Å². The molecule has 1 aliphatic rings. The number of H-pyrrole nitrogens is 2. The monoisotopic (exact) mass is 338 g/mol. The number of rotatable bonds is 3. The van der Waals surface area contributed by atoms with Crippen LogP contribution in [0.5, 0.6) is 0 Å². The van der Waals surface area contributed by atoms with Gasteiger partial charge in [0.05, 0.1) is 0 Å². The standard InChI is InChI=1S/C19H22N4S/c1-12(2)13-3-4-16-15(9-20-17(16)7-13)10-23-6-5-14-8-21-19(24)22-18(14)11-23/h3-4,7-9,12,20H,5-6,10-11H2,1-2H3,(H,21,22,24). The lowest BCUT2D eigenvalue weighted by molar-refractivity contribution is 0.242. The third-order valence-corrected chi connectivity index (χ3v) is 5.12. The highest BCUT2D eigenvalue weighted by Gasteiger charge is 2.18. The van der Waals surface area contributed by atoms with Gasteiger partial charge in [-0.15, -0.1) is 0 Å². The molecule has 24 heavy (non-hydrogen) atoms. The number of hydrogen-bond donors (Lipinski definition) is 2. The van der Waals surface area contributed by atoms with E-state index in [2.05, 4.69) is 58.1 Å². The van der Waals surface area contributed by atoms with Crippen molar-refractivity contribution in [3.05, 3.63) is 57.7 Å². The van der Waals surface area contributed by atoms with Gasteiger partial charge in [0.2, 0.25) is 0 Å². The third kappa shape index (κ3) is 2.89. The predicted molar refractivity (Wildman–Crippen MR) is 99.6 cm³/mol. The van der Waals surface area contributed by atoms with Gasteiger partial charge in [0.25, 0.3) is 0 Å². The molecule has 2 aromatic heterocycles. The van der Waals surface area contributed by atoms with Gasteiger partial charge in [-0.3, -0.25) is 4.90 Å². The summed E-state index contributed by atoms with van der Waals surface area (Å²) in [5, 5.41) is 1.33. The minimum Gasteiger partial charge on any atom is -0.361 e. The molecule has 0 bridgehead atoms. The van der Waals surface area contributed by atoms with Crippen LogP contribution < -0.4 is 0 Å². The number of hydrogen-bond acceptors (Lipinski definition) is 3. The van der Waals surface area contributed by atoms with Gasteiger partial charge in [-0.2, -0.15) is 0 Å². The van der Waals surface area contributed by atoms with Crippen LogP contribution in [-0.2, 0) is 19.5 Å². The Bertz CT molecular complexity index is 938. The first-order valence-electron chi connectivity index (χ1n) is 8.49. The molecular formula is C19H22N4S. The lowest BCUT2D eigenvalue weighted by Crippen LogP contribution is -2.30. The van der Waals surface area contributed by atoms with E-state index < -0.39 is 0 Å². The second kappa shape index (κ2) is 6.15. The van der Waals surface area contributed by atoms with Crippen LogP contribution in [0, 0.1) is 4.77 Å². The summed E-state index contributed by atoms with van der Waals surface area (Å²) in [6, 6.07) is 6.78. The Labute approximate surface area is 146 Å². The van der Waals surface area contributed by atoms with Crippen molar-refractivity contribution in [2.75, 3.05) is 6.54 Å². The number of benzene rings is 1. The normalized spacial score (nSPS) is 15.1. The summed E-state index contributed by atoms with van der Waals surface area (Å²) in [7, 11) is 0. The van der Waals surface area contributed by atoms with Crippen LogP contribution in [0.15, 0.2) is 30.6 Å². The molecule has 4 rings (SSSR count). The SMILES string of the molecule is CC(C)c1ccc2c(CN3CCc4cnc(=S)[nH]c4C3)c[nH]c2c1. The van der Waals surface area contributed by atoms with E-state index in [1.807, 2.05) is 6.20 Å². The highest BCUT2D eigenvalue weighted by Crippen LogP contribution is 2.26. The number of fused-ring (bicyclic) bond motifs is 2. The van der Waals surface area contributed by atoms with Crippen molar-refractivity contribution in [3.63, 3.8) is 0 Å². The molecule has 0 atom stereocenters. The molecule has 1 aromatic carbocycles. The van der Waals surface area contributed by atoms with Gasteiger partial charge in [-0.1, -0.05) is 26.0 Å². The molecule has 2 N–H and O–H groups in total. The van der Waals surface area contributed by atoms with Crippen molar-refractivity contribution >= 4 is 23.1 Å².